The van der Waals surface area contributed by atoms with E-state index >= 15 is 0 Å². The predicted octanol–water partition coefficient (Wildman–Crippen LogP) is 3.89. The summed E-state index contributed by atoms with van der Waals surface area (Å²) >= 11 is 0. The molecule has 0 heterocycles. The highest BCUT2D eigenvalue weighted by Gasteiger charge is 1.90. The first-order valence-corrected chi connectivity index (χ1v) is 5.82. The summed E-state index contributed by atoms with van der Waals surface area (Å²) in [6, 6.07) is 8.29. The second-order valence-corrected chi connectivity index (χ2v) is 4.74. The van der Waals surface area contributed by atoms with Crippen LogP contribution in [0.3, 0.4) is 0 Å². The fourth-order valence-electron chi connectivity index (χ4n) is 0.630. The molecule has 3 heteroatoms. The molecule has 1 rings (SSSR count). The Balaban J connectivity index is 2.69. The van der Waals surface area contributed by atoms with Gasteiger partial charge < -0.3 is 0 Å². The van der Waals surface area contributed by atoms with Gasteiger partial charge in [-0.3, -0.25) is 0 Å². The van der Waals surface area contributed by atoms with Crippen LogP contribution in [0.15, 0.2) is 29.2 Å². The van der Waals surface area contributed by atoms with Crippen LogP contribution in [0.4, 0.5) is 0 Å². The fraction of sp³-hybridized carbons (Fsp3) is 0.143. The maximum absolute atomic E-state index is 5.46. The number of hydrogen-bond donors (Lipinski definition) is 0. The molecule has 0 aliphatic carbocycles. The molecular formula is C7H7ClS2. The minimum absolute atomic E-state index is 1.20. The van der Waals surface area contributed by atoms with Gasteiger partial charge in [0, 0.05) is 14.9 Å². The molecule has 0 fully saturated rings. The average molecular weight is 191 g/mol. The van der Waals surface area contributed by atoms with Crippen LogP contribution in [0.1, 0.15) is 5.56 Å². The lowest BCUT2D eigenvalue weighted by atomic mass is 10.2. The van der Waals surface area contributed by atoms with E-state index < -0.39 is 0 Å². The number of rotatable bonds is 2. The van der Waals surface area contributed by atoms with E-state index in [0.717, 1.165) is 0 Å². The van der Waals surface area contributed by atoms with Crippen molar-refractivity contribution in [3.8, 4) is 0 Å². The van der Waals surface area contributed by atoms with Crippen molar-refractivity contribution < 1.29 is 0 Å². The molecule has 0 radical (unpaired) electrons. The molecule has 0 N–H and O–H groups in total. The van der Waals surface area contributed by atoms with Crippen molar-refractivity contribution in [2.24, 2.45) is 0 Å². The molecule has 0 aliphatic heterocycles. The summed E-state index contributed by atoms with van der Waals surface area (Å²) in [4.78, 5) is 1.20. The Labute approximate surface area is 73.2 Å². The second-order valence-electron chi connectivity index (χ2n) is 1.96. The third-order valence-corrected chi connectivity index (χ3v) is 3.01. The first kappa shape index (κ1) is 8.31. The SMILES string of the molecule is Cc1ccc(SSCl)cc1. The second kappa shape index (κ2) is 4.16. The standard InChI is InChI=1S/C7H7ClS2/c1-6-2-4-7(5-3-6)9-10-8/h2-5H,1H3. The van der Waals surface area contributed by atoms with Gasteiger partial charge in [-0.25, -0.2) is 0 Å². The first-order valence-electron chi connectivity index (χ1n) is 2.85. The lowest BCUT2D eigenvalue weighted by Crippen LogP contribution is -1.69. The fourth-order valence-corrected chi connectivity index (χ4v) is 2.16. The van der Waals surface area contributed by atoms with Crippen LogP contribution in [-0.4, -0.2) is 0 Å². The molecule has 0 amide bonds. The smallest absolute Gasteiger partial charge is 0.0194 e. The molecular weight excluding hydrogens is 184 g/mol. The van der Waals surface area contributed by atoms with Crippen molar-refractivity contribution in [3.63, 3.8) is 0 Å². The molecule has 0 spiro atoms. The van der Waals surface area contributed by atoms with Crippen molar-refractivity contribution in [3.05, 3.63) is 29.8 Å². The van der Waals surface area contributed by atoms with Crippen LogP contribution in [0.2, 0.25) is 0 Å². The topological polar surface area (TPSA) is 0 Å². The Morgan fingerprint density at radius 3 is 2.30 bits per heavy atom. The van der Waals surface area contributed by atoms with Crippen LogP contribution in [-0.2, 0) is 0 Å². The molecule has 0 aliphatic rings. The molecule has 0 unspecified atom stereocenters. The highest BCUT2D eigenvalue weighted by molar-refractivity contribution is 8.85. The molecule has 0 atom stereocenters. The summed E-state index contributed by atoms with van der Waals surface area (Å²) in [5.41, 5.74) is 1.28. The van der Waals surface area contributed by atoms with Crippen LogP contribution in [0, 0.1) is 6.92 Å². The Morgan fingerprint density at radius 1 is 1.20 bits per heavy atom. The van der Waals surface area contributed by atoms with Gasteiger partial charge in [-0.2, -0.15) is 0 Å². The predicted molar refractivity (Wildman–Crippen MR) is 50.5 cm³/mol. The summed E-state index contributed by atoms with van der Waals surface area (Å²) in [5.74, 6) is 0. The monoisotopic (exact) mass is 190 g/mol. The lowest BCUT2D eigenvalue weighted by Gasteiger charge is -1.94. The van der Waals surface area contributed by atoms with Crippen LogP contribution >= 0.6 is 31.5 Å². The molecule has 0 nitrogen and oxygen atoms in total. The highest BCUT2D eigenvalue weighted by Crippen LogP contribution is 2.33. The summed E-state index contributed by atoms with van der Waals surface area (Å²) in [6.45, 7) is 2.07. The van der Waals surface area contributed by atoms with E-state index in [0.29, 0.717) is 0 Å². The van der Waals surface area contributed by atoms with E-state index in [1.54, 1.807) is 10.8 Å². The average Bonchev–Trinajstić information content (AvgIpc) is 1.95. The summed E-state index contributed by atoms with van der Waals surface area (Å²) < 4.78 is 0. The van der Waals surface area contributed by atoms with Gasteiger partial charge in [0.2, 0.25) is 0 Å². The number of halogens is 1. The largest absolute Gasteiger partial charge is 0.0582 e. The zero-order valence-electron chi connectivity index (χ0n) is 5.50. The number of hydrogen-bond acceptors (Lipinski definition) is 2. The van der Waals surface area contributed by atoms with E-state index in [1.165, 1.54) is 20.5 Å². The van der Waals surface area contributed by atoms with Crippen molar-refractivity contribution >= 4 is 31.5 Å². The van der Waals surface area contributed by atoms with Crippen molar-refractivity contribution in [2.45, 2.75) is 11.8 Å². The van der Waals surface area contributed by atoms with E-state index in [1.807, 2.05) is 0 Å². The van der Waals surface area contributed by atoms with Crippen LogP contribution in [0.25, 0.3) is 0 Å². The molecule has 0 aromatic heterocycles. The van der Waals surface area contributed by atoms with E-state index in [-0.39, 0.29) is 0 Å². The molecule has 1 aromatic carbocycles. The quantitative estimate of drug-likeness (QED) is 0.649. The molecule has 1 aromatic rings. The minimum atomic E-state index is 1.20. The molecule has 0 bridgehead atoms. The van der Waals surface area contributed by atoms with Crippen LogP contribution in [0.5, 0.6) is 0 Å². The third kappa shape index (κ3) is 2.45. The van der Waals surface area contributed by atoms with Gasteiger partial charge in [0.05, 0.1) is 0 Å². The zero-order chi connectivity index (χ0) is 7.40. The Morgan fingerprint density at radius 2 is 1.80 bits per heavy atom. The zero-order valence-corrected chi connectivity index (χ0v) is 7.89. The van der Waals surface area contributed by atoms with Crippen LogP contribution < -0.4 is 0 Å². The Kier molecular flexibility index (Phi) is 3.46. The van der Waals surface area contributed by atoms with Crippen molar-refractivity contribution in [1.29, 1.82) is 0 Å². The Hall–Kier alpha value is 0.210. The van der Waals surface area contributed by atoms with E-state index in [4.69, 9.17) is 10.7 Å². The van der Waals surface area contributed by atoms with Gasteiger partial charge >= 0.3 is 0 Å². The third-order valence-electron chi connectivity index (χ3n) is 1.15. The summed E-state index contributed by atoms with van der Waals surface area (Å²) in [5, 5.41) is 0. The lowest BCUT2D eigenvalue weighted by molar-refractivity contribution is 1.38. The maximum atomic E-state index is 5.46. The van der Waals surface area contributed by atoms with E-state index in [2.05, 4.69) is 31.2 Å². The minimum Gasteiger partial charge on any atom is -0.0582 e. The van der Waals surface area contributed by atoms with E-state index in [9.17, 15) is 0 Å². The summed E-state index contributed by atoms with van der Waals surface area (Å²) in [6.07, 6.45) is 0. The molecule has 0 saturated carbocycles. The summed E-state index contributed by atoms with van der Waals surface area (Å²) in [7, 11) is 8.27. The van der Waals surface area contributed by atoms with Gasteiger partial charge in [-0.05, 0) is 40.5 Å². The maximum Gasteiger partial charge on any atom is 0.0194 e. The van der Waals surface area contributed by atoms with Gasteiger partial charge in [-0.15, -0.1) is 0 Å². The van der Waals surface area contributed by atoms with Gasteiger partial charge in [0.25, 0.3) is 0 Å². The normalized spacial score (nSPS) is 9.80. The number of benzene rings is 1. The number of aryl methyl sites for hydroxylation is 1. The van der Waals surface area contributed by atoms with Gasteiger partial charge in [0.15, 0.2) is 0 Å². The Bertz CT molecular complexity index is 195. The first-order chi connectivity index (χ1) is 4.83. The highest BCUT2D eigenvalue weighted by atomic mass is 35.7. The molecule has 54 valence electrons. The molecule has 0 saturated heterocycles. The van der Waals surface area contributed by atoms with Crippen molar-refractivity contribution in [2.75, 3.05) is 0 Å². The molecule has 10 heavy (non-hydrogen) atoms. The van der Waals surface area contributed by atoms with Crippen molar-refractivity contribution in [1.82, 2.24) is 0 Å². The van der Waals surface area contributed by atoms with Gasteiger partial charge in [0.1, 0.15) is 0 Å². The van der Waals surface area contributed by atoms with Gasteiger partial charge in [-0.1, -0.05) is 17.7 Å².